The lowest BCUT2D eigenvalue weighted by atomic mass is 10.1. The van der Waals surface area contributed by atoms with Gasteiger partial charge in [-0.15, -0.1) is 0 Å². The Morgan fingerprint density at radius 1 is 1.10 bits per heavy atom. The van der Waals surface area contributed by atoms with Crippen LogP contribution in [-0.2, 0) is 13.1 Å². The summed E-state index contributed by atoms with van der Waals surface area (Å²) in [5.74, 6) is -0.460. The van der Waals surface area contributed by atoms with Crippen LogP contribution in [0.4, 0.5) is 5.69 Å². The number of anilines is 1. The fourth-order valence-electron chi connectivity index (χ4n) is 1.91. The standard InChI is InChI=1S/C15H16BrN3O/c16-12-2-1-3-13(14(12)15(18)20)19-9-11-6-4-10(8-17)5-7-11/h1-7,19H,8-9,17H2,(H2,18,20). The summed E-state index contributed by atoms with van der Waals surface area (Å²) in [5, 5.41) is 3.23. The second-order valence-electron chi connectivity index (χ2n) is 4.40. The van der Waals surface area contributed by atoms with E-state index in [9.17, 15) is 4.79 Å². The molecule has 0 unspecified atom stereocenters. The summed E-state index contributed by atoms with van der Waals surface area (Å²) >= 11 is 3.34. The van der Waals surface area contributed by atoms with Gasteiger partial charge in [0.15, 0.2) is 0 Å². The Kier molecular flexibility index (Phi) is 4.76. The number of nitrogens with one attached hydrogen (secondary N) is 1. The Bertz CT molecular complexity index is 611. The molecule has 2 aromatic rings. The van der Waals surface area contributed by atoms with Crippen LogP contribution >= 0.6 is 15.9 Å². The van der Waals surface area contributed by atoms with E-state index in [4.69, 9.17) is 11.5 Å². The molecule has 0 fully saturated rings. The van der Waals surface area contributed by atoms with Crippen LogP contribution in [0.25, 0.3) is 0 Å². The normalized spacial score (nSPS) is 10.3. The maximum Gasteiger partial charge on any atom is 0.251 e. The minimum Gasteiger partial charge on any atom is -0.380 e. The second-order valence-corrected chi connectivity index (χ2v) is 5.26. The number of primary amides is 1. The number of carbonyl (C=O) groups excluding carboxylic acids is 1. The highest BCUT2D eigenvalue weighted by Gasteiger charge is 2.11. The predicted octanol–water partition coefficient (Wildman–Crippen LogP) is 2.62. The van der Waals surface area contributed by atoms with Crippen molar-refractivity contribution in [2.24, 2.45) is 11.5 Å². The van der Waals surface area contributed by atoms with Gasteiger partial charge in [0.2, 0.25) is 0 Å². The lowest BCUT2D eigenvalue weighted by Gasteiger charge is -2.11. The number of rotatable bonds is 5. The number of nitrogens with two attached hydrogens (primary N) is 2. The van der Waals surface area contributed by atoms with E-state index in [2.05, 4.69) is 21.2 Å². The zero-order valence-corrected chi connectivity index (χ0v) is 12.5. The Morgan fingerprint density at radius 2 is 1.75 bits per heavy atom. The van der Waals surface area contributed by atoms with Gasteiger partial charge in [0, 0.05) is 23.2 Å². The van der Waals surface area contributed by atoms with Crippen LogP contribution in [0.3, 0.4) is 0 Å². The van der Waals surface area contributed by atoms with Gasteiger partial charge in [0.25, 0.3) is 5.91 Å². The summed E-state index contributed by atoms with van der Waals surface area (Å²) in [4.78, 5) is 11.5. The van der Waals surface area contributed by atoms with E-state index < -0.39 is 5.91 Å². The summed E-state index contributed by atoms with van der Waals surface area (Å²) in [6, 6.07) is 13.5. The smallest absolute Gasteiger partial charge is 0.251 e. The molecule has 20 heavy (non-hydrogen) atoms. The molecule has 104 valence electrons. The number of amides is 1. The van der Waals surface area contributed by atoms with Crippen LogP contribution in [0.5, 0.6) is 0 Å². The number of carbonyl (C=O) groups is 1. The van der Waals surface area contributed by atoms with Gasteiger partial charge in [-0.05, 0) is 39.2 Å². The molecule has 0 saturated carbocycles. The summed E-state index contributed by atoms with van der Waals surface area (Å²) in [7, 11) is 0. The van der Waals surface area contributed by atoms with E-state index in [0.29, 0.717) is 23.1 Å². The molecule has 0 aliphatic carbocycles. The molecule has 0 heterocycles. The van der Waals surface area contributed by atoms with Crippen LogP contribution < -0.4 is 16.8 Å². The fraction of sp³-hybridized carbons (Fsp3) is 0.133. The first kappa shape index (κ1) is 14.6. The molecule has 1 amide bonds. The monoisotopic (exact) mass is 333 g/mol. The fourth-order valence-corrected chi connectivity index (χ4v) is 2.47. The SMILES string of the molecule is NCc1ccc(CNc2cccc(Br)c2C(N)=O)cc1. The van der Waals surface area contributed by atoms with Crippen LogP contribution in [0.1, 0.15) is 21.5 Å². The maximum atomic E-state index is 11.5. The van der Waals surface area contributed by atoms with Gasteiger partial charge in [-0.25, -0.2) is 0 Å². The first-order valence-electron chi connectivity index (χ1n) is 6.22. The predicted molar refractivity (Wildman–Crippen MR) is 84.3 cm³/mol. The lowest BCUT2D eigenvalue weighted by molar-refractivity contribution is 0.100. The van der Waals surface area contributed by atoms with E-state index in [1.807, 2.05) is 36.4 Å². The van der Waals surface area contributed by atoms with Crippen molar-refractivity contribution in [3.63, 3.8) is 0 Å². The van der Waals surface area contributed by atoms with E-state index in [1.54, 1.807) is 6.07 Å². The second kappa shape index (κ2) is 6.54. The van der Waals surface area contributed by atoms with Gasteiger partial charge in [-0.3, -0.25) is 4.79 Å². The minimum absolute atomic E-state index is 0.460. The first-order valence-corrected chi connectivity index (χ1v) is 7.01. The summed E-state index contributed by atoms with van der Waals surface area (Å²) in [6.45, 7) is 1.15. The van der Waals surface area contributed by atoms with Crippen molar-refractivity contribution in [2.45, 2.75) is 13.1 Å². The highest BCUT2D eigenvalue weighted by atomic mass is 79.9. The molecule has 0 aromatic heterocycles. The van der Waals surface area contributed by atoms with E-state index >= 15 is 0 Å². The average Bonchev–Trinajstić information content (AvgIpc) is 2.45. The Labute approximate surface area is 126 Å². The van der Waals surface area contributed by atoms with Gasteiger partial charge in [0.05, 0.1) is 5.56 Å². The zero-order chi connectivity index (χ0) is 14.5. The van der Waals surface area contributed by atoms with Crippen molar-refractivity contribution < 1.29 is 4.79 Å². The van der Waals surface area contributed by atoms with Gasteiger partial charge >= 0.3 is 0 Å². The van der Waals surface area contributed by atoms with E-state index in [1.165, 1.54) is 0 Å². The lowest BCUT2D eigenvalue weighted by Crippen LogP contribution is -2.15. The molecule has 0 aliphatic heterocycles. The Hall–Kier alpha value is -1.85. The zero-order valence-electron chi connectivity index (χ0n) is 10.9. The molecule has 4 nitrogen and oxygen atoms in total. The maximum absolute atomic E-state index is 11.5. The molecule has 5 N–H and O–H groups in total. The number of hydrogen-bond donors (Lipinski definition) is 3. The van der Waals surface area contributed by atoms with Crippen LogP contribution in [-0.4, -0.2) is 5.91 Å². The molecule has 5 heteroatoms. The molecule has 0 radical (unpaired) electrons. The molecule has 2 aromatic carbocycles. The minimum atomic E-state index is -0.460. The molecular weight excluding hydrogens is 318 g/mol. The largest absolute Gasteiger partial charge is 0.380 e. The Balaban J connectivity index is 2.14. The third-order valence-electron chi connectivity index (χ3n) is 3.00. The highest BCUT2D eigenvalue weighted by Crippen LogP contribution is 2.24. The van der Waals surface area contributed by atoms with Crippen molar-refractivity contribution in [3.05, 3.63) is 63.6 Å². The first-order chi connectivity index (χ1) is 9.61. The molecule has 0 saturated heterocycles. The van der Waals surface area contributed by atoms with E-state index in [-0.39, 0.29) is 0 Å². The topological polar surface area (TPSA) is 81.1 Å². The molecule has 2 rings (SSSR count). The van der Waals surface area contributed by atoms with Crippen LogP contribution in [0.15, 0.2) is 46.9 Å². The molecule has 0 spiro atoms. The van der Waals surface area contributed by atoms with Crippen molar-refractivity contribution in [3.8, 4) is 0 Å². The number of halogens is 1. The molecule has 0 aliphatic rings. The van der Waals surface area contributed by atoms with Crippen molar-refractivity contribution >= 4 is 27.5 Å². The van der Waals surface area contributed by atoms with Crippen LogP contribution in [0, 0.1) is 0 Å². The van der Waals surface area contributed by atoms with Crippen molar-refractivity contribution in [2.75, 3.05) is 5.32 Å². The van der Waals surface area contributed by atoms with Gasteiger partial charge in [-0.1, -0.05) is 30.3 Å². The summed E-state index contributed by atoms with van der Waals surface area (Å²) < 4.78 is 0.688. The van der Waals surface area contributed by atoms with Crippen LogP contribution in [0.2, 0.25) is 0 Å². The number of hydrogen-bond acceptors (Lipinski definition) is 3. The van der Waals surface area contributed by atoms with Gasteiger partial charge in [-0.2, -0.15) is 0 Å². The Morgan fingerprint density at radius 3 is 2.35 bits per heavy atom. The van der Waals surface area contributed by atoms with Crippen molar-refractivity contribution in [1.82, 2.24) is 0 Å². The quantitative estimate of drug-likeness (QED) is 0.786. The molecule has 0 atom stereocenters. The third kappa shape index (κ3) is 3.37. The van der Waals surface area contributed by atoms with E-state index in [0.717, 1.165) is 16.8 Å². The number of benzene rings is 2. The highest BCUT2D eigenvalue weighted by molar-refractivity contribution is 9.10. The molecular formula is C15H16BrN3O. The van der Waals surface area contributed by atoms with Gasteiger partial charge < -0.3 is 16.8 Å². The molecule has 0 bridgehead atoms. The third-order valence-corrected chi connectivity index (χ3v) is 3.66. The summed E-state index contributed by atoms with van der Waals surface area (Å²) in [6.07, 6.45) is 0. The summed E-state index contributed by atoms with van der Waals surface area (Å²) in [5.41, 5.74) is 14.3. The van der Waals surface area contributed by atoms with Gasteiger partial charge in [0.1, 0.15) is 0 Å². The van der Waals surface area contributed by atoms with Crippen molar-refractivity contribution in [1.29, 1.82) is 0 Å². The average molecular weight is 334 g/mol.